The molecule has 0 bridgehead atoms. The zero-order valence-corrected chi connectivity index (χ0v) is 18.4. The molecule has 0 saturated carbocycles. The van der Waals surface area contributed by atoms with E-state index >= 15 is 0 Å². The minimum Gasteiger partial charge on any atom is -0.298 e. The van der Waals surface area contributed by atoms with Gasteiger partial charge < -0.3 is 0 Å². The standard InChI is InChI=1S/C22H18F4N4O3S/c23-15-2-5-17(6-3-15)34(32,33)30-10-9-19(30)20(31)7-4-16-11-18(29-13-28-16)14-1-8-21(27-12-14)22(24,25)26/h1-3,5-6,8,11-13,19H,4,7,9-10H2/t19-/m0/s1. The van der Waals surface area contributed by atoms with Crippen molar-refractivity contribution >= 4 is 15.8 Å². The van der Waals surface area contributed by atoms with Crippen molar-refractivity contribution in [3.63, 3.8) is 0 Å². The van der Waals surface area contributed by atoms with Gasteiger partial charge >= 0.3 is 6.18 Å². The summed E-state index contributed by atoms with van der Waals surface area (Å²) in [5.74, 6) is -0.847. The first-order valence-electron chi connectivity index (χ1n) is 10.2. The summed E-state index contributed by atoms with van der Waals surface area (Å²) in [5.41, 5.74) is 0.170. The summed E-state index contributed by atoms with van der Waals surface area (Å²) in [5, 5.41) is 0. The molecule has 1 aliphatic rings. The van der Waals surface area contributed by atoms with Crippen molar-refractivity contribution in [3.8, 4) is 11.3 Å². The van der Waals surface area contributed by atoms with Crippen molar-refractivity contribution in [2.24, 2.45) is 0 Å². The maximum absolute atomic E-state index is 13.1. The average Bonchev–Trinajstić information content (AvgIpc) is 2.77. The molecule has 3 aromatic rings. The van der Waals surface area contributed by atoms with Gasteiger partial charge in [-0.2, -0.15) is 17.5 Å². The van der Waals surface area contributed by atoms with Crippen LogP contribution in [-0.2, 0) is 27.4 Å². The number of hydrogen-bond acceptors (Lipinski definition) is 6. The number of pyridine rings is 1. The van der Waals surface area contributed by atoms with Gasteiger partial charge in [0.05, 0.1) is 16.6 Å². The quantitative estimate of drug-likeness (QED) is 0.466. The number of ketones is 1. The second kappa shape index (κ2) is 9.18. The molecule has 1 aromatic carbocycles. The van der Waals surface area contributed by atoms with E-state index in [1.54, 1.807) is 6.07 Å². The van der Waals surface area contributed by atoms with Gasteiger partial charge in [-0.3, -0.25) is 9.78 Å². The topological polar surface area (TPSA) is 93.1 Å². The Morgan fingerprint density at radius 2 is 1.79 bits per heavy atom. The molecule has 0 spiro atoms. The molecular weight excluding hydrogens is 476 g/mol. The molecule has 4 rings (SSSR count). The third-order valence-corrected chi connectivity index (χ3v) is 7.39. The molecule has 1 aliphatic heterocycles. The monoisotopic (exact) mass is 494 g/mol. The molecule has 2 aromatic heterocycles. The van der Waals surface area contributed by atoms with Gasteiger partial charge in [0.2, 0.25) is 10.0 Å². The highest BCUT2D eigenvalue weighted by Gasteiger charge is 2.42. The van der Waals surface area contributed by atoms with Gasteiger partial charge in [-0.25, -0.2) is 22.8 Å². The van der Waals surface area contributed by atoms with Crippen molar-refractivity contribution in [2.45, 2.75) is 36.4 Å². The number of rotatable bonds is 7. The van der Waals surface area contributed by atoms with Crippen molar-refractivity contribution < 1.29 is 30.8 Å². The summed E-state index contributed by atoms with van der Waals surface area (Å²) in [6.45, 7) is 0.189. The van der Waals surface area contributed by atoms with E-state index in [9.17, 15) is 30.8 Å². The van der Waals surface area contributed by atoms with E-state index in [0.717, 1.165) is 40.8 Å². The minimum absolute atomic E-state index is 0.0157. The Bertz CT molecular complexity index is 1300. The molecule has 12 heteroatoms. The first-order valence-corrected chi connectivity index (χ1v) is 11.6. The molecular formula is C22H18F4N4O3S. The van der Waals surface area contributed by atoms with Crippen molar-refractivity contribution in [3.05, 3.63) is 72.2 Å². The maximum Gasteiger partial charge on any atom is 0.433 e. The number of Topliss-reactive ketones (excluding diaryl/α,β-unsaturated/α-hetero) is 1. The lowest BCUT2D eigenvalue weighted by atomic mass is 9.98. The Hall–Kier alpha value is -3.25. The smallest absolute Gasteiger partial charge is 0.298 e. The molecule has 3 heterocycles. The van der Waals surface area contributed by atoms with Crippen LogP contribution < -0.4 is 0 Å². The second-order valence-corrected chi connectivity index (χ2v) is 9.56. The zero-order valence-electron chi connectivity index (χ0n) is 17.5. The van der Waals surface area contributed by atoms with Gasteiger partial charge in [0.15, 0.2) is 5.78 Å². The fourth-order valence-corrected chi connectivity index (χ4v) is 5.19. The highest BCUT2D eigenvalue weighted by Crippen LogP contribution is 2.30. The van der Waals surface area contributed by atoms with E-state index in [1.807, 2.05) is 0 Å². The lowest BCUT2D eigenvalue weighted by Crippen LogP contribution is -2.54. The number of alkyl halides is 3. The molecule has 0 unspecified atom stereocenters. The van der Waals surface area contributed by atoms with Gasteiger partial charge in [-0.1, -0.05) is 0 Å². The van der Waals surface area contributed by atoms with Gasteiger partial charge in [0.25, 0.3) is 0 Å². The summed E-state index contributed by atoms with van der Waals surface area (Å²) in [6.07, 6.45) is -1.65. The van der Waals surface area contributed by atoms with E-state index < -0.39 is 33.8 Å². The Morgan fingerprint density at radius 3 is 2.38 bits per heavy atom. The number of carbonyl (C=O) groups is 1. The van der Waals surface area contributed by atoms with Crippen LogP contribution >= 0.6 is 0 Å². The van der Waals surface area contributed by atoms with Crippen LogP contribution in [0.3, 0.4) is 0 Å². The molecule has 1 saturated heterocycles. The lowest BCUT2D eigenvalue weighted by Gasteiger charge is -2.38. The van der Waals surface area contributed by atoms with Gasteiger partial charge in [0.1, 0.15) is 17.8 Å². The predicted octanol–water partition coefficient (Wildman–Crippen LogP) is 3.66. The number of aromatic nitrogens is 3. The molecule has 7 nitrogen and oxygen atoms in total. The van der Waals surface area contributed by atoms with Crippen LogP contribution in [0.2, 0.25) is 0 Å². The van der Waals surface area contributed by atoms with E-state index in [2.05, 4.69) is 15.0 Å². The fourth-order valence-electron chi connectivity index (χ4n) is 3.54. The van der Waals surface area contributed by atoms with Crippen molar-refractivity contribution in [2.75, 3.05) is 6.54 Å². The van der Waals surface area contributed by atoms with Crippen LogP contribution in [0.1, 0.15) is 24.2 Å². The summed E-state index contributed by atoms with van der Waals surface area (Å²) >= 11 is 0. The Labute approximate surface area is 192 Å². The molecule has 0 radical (unpaired) electrons. The maximum atomic E-state index is 13.1. The van der Waals surface area contributed by atoms with Crippen LogP contribution in [0.15, 0.2) is 59.9 Å². The number of benzene rings is 1. The molecule has 1 atom stereocenters. The second-order valence-electron chi connectivity index (χ2n) is 7.66. The normalized spacial score (nSPS) is 16.8. The number of sulfonamides is 1. The number of hydrogen-bond donors (Lipinski definition) is 0. The number of halogens is 4. The Morgan fingerprint density at radius 1 is 1.06 bits per heavy atom. The lowest BCUT2D eigenvalue weighted by molar-refractivity contribution is -0.141. The third kappa shape index (κ3) is 4.97. The SMILES string of the molecule is O=C(CCc1cc(-c2ccc(C(F)(F)F)nc2)ncn1)[C@@H]1CCN1S(=O)(=O)c1ccc(F)cc1. The molecule has 0 aliphatic carbocycles. The molecule has 0 amide bonds. The highest BCUT2D eigenvalue weighted by atomic mass is 32.2. The van der Waals surface area contributed by atoms with Gasteiger partial charge in [-0.05, 0) is 55.3 Å². The van der Waals surface area contributed by atoms with Crippen LogP contribution in [0.5, 0.6) is 0 Å². The van der Waals surface area contributed by atoms with E-state index in [-0.39, 0.29) is 30.1 Å². The van der Waals surface area contributed by atoms with Crippen molar-refractivity contribution in [1.29, 1.82) is 0 Å². The van der Waals surface area contributed by atoms with Crippen molar-refractivity contribution in [1.82, 2.24) is 19.3 Å². The van der Waals surface area contributed by atoms with E-state index in [0.29, 0.717) is 23.4 Å². The summed E-state index contributed by atoms with van der Waals surface area (Å²) in [6, 6.07) is 7.24. The predicted molar refractivity (Wildman–Crippen MR) is 112 cm³/mol. The van der Waals surface area contributed by atoms with E-state index in [4.69, 9.17) is 0 Å². The fraction of sp³-hybridized carbons (Fsp3) is 0.273. The van der Waals surface area contributed by atoms with Crippen LogP contribution in [0.25, 0.3) is 11.3 Å². The Balaban J connectivity index is 1.41. The average molecular weight is 494 g/mol. The largest absolute Gasteiger partial charge is 0.433 e. The van der Waals surface area contributed by atoms with E-state index in [1.165, 1.54) is 12.4 Å². The molecule has 1 fully saturated rings. The zero-order chi connectivity index (χ0) is 24.5. The van der Waals surface area contributed by atoms with Crippen LogP contribution in [0, 0.1) is 5.82 Å². The minimum atomic E-state index is -4.55. The number of nitrogens with zero attached hydrogens (tertiary/aromatic N) is 4. The summed E-state index contributed by atoms with van der Waals surface area (Å²) < 4.78 is 77.8. The van der Waals surface area contributed by atoms with Crippen LogP contribution in [0.4, 0.5) is 17.6 Å². The van der Waals surface area contributed by atoms with Gasteiger partial charge in [-0.15, -0.1) is 0 Å². The third-order valence-electron chi connectivity index (χ3n) is 5.46. The first-order chi connectivity index (χ1) is 16.1. The van der Waals surface area contributed by atoms with Gasteiger partial charge in [0, 0.05) is 30.4 Å². The van der Waals surface area contributed by atoms with Crippen LogP contribution in [-0.4, -0.2) is 46.0 Å². The first kappa shape index (κ1) is 23.9. The summed E-state index contributed by atoms with van der Waals surface area (Å²) in [7, 11) is -3.92. The highest BCUT2D eigenvalue weighted by molar-refractivity contribution is 7.89. The molecule has 178 valence electrons. The Kier molecular flexibility index (Phi) is 6.45. The molecule has 0 N–H and O–H groups in total. The summed E-state index contributed by atoms with van der Waals surface area (Å²) in [4.78, 5) is 24.2. The number of aryl methyl sites for hydroxylation is 1. The number of carbonyl (C=O) groups excluding carboxylic acids is 1. The molecule has 34 heavy (non-hydrogen) atoms.